The summed E-state index contributed by atoms with van der Waals surface area (Å²) in [6.45, 7) is 1.35. The van der Waals surface area contributed by atoms with Gasteiger partial charge in [0, 0.05) is 23.9 Å². The Morgan fingerprint density at radius 2 is 1.96 bits per heavy atom. The second-order valence-corrected chi connectivity index (χ2v) is 7.53. The van der Waals surface area contributed by atoms with Crippen molar-refractivity contribution < 1.29 is 24.0 Å². The Morgan fingerprint density at radius 3 is 2.71 bits per heavy atom. The molecule has 4 rings (SSSR count). The van der Waals surface area contributed by atoms with E-state index >= 15 is 0 Å². The number of methoxy groups -OCH3 is 2. The number of carbonyl (C=O) groups is 2. The molecule has 6 nitrogen and oxygen atoms in total. The number of likely N-dealkylation sites (tertiary alicyclic amines) is 1. The van der Waals surface area contributed by atoms with Crippen LogP contribution in [0.25, 0.3) is 0 Å². The summed E-state index contributed by atoms with van der Waals surface area (Å²) in [4.78, 5) is 27.8. The summed E-state index contributed by atoms with van der Waals surface area (Å²) in [6, 6.07) is 11.0. The number of carbonyl (C=O) groups excluding carboxylic acids is 2. The quantitative estimate of drug-likeness (QED) is 0.781. The number of anilines is 1. The molecule has 0 saturated carbocycles. The molecule has 2 atom stereocenters. The Kier molecular flexibility index (Phi) is 5.00. The Hall–Kier alpha value is -2.57. The van der Waals surface area contributed by atoms with Gasteiger partial charge in [-0.3, -0.25) is 14.5 Å². The minimum atomic E-state index is -0.491. The van der Waals surface area contributed by atoms with Crippen molar-refractivity contribution >= 4 is 29.0 Å². The molecule has 146 valence electrons. The van der Waals surface area contributed by atoms with E-state index in [-0.39, 0.29) is 6.04 Å². The van der Waals surface area contributed by atoms with Crippen LogP contribution in [0.1, 0.15) is 34.8 Å². The summed E-state index contributed by atoms with van der Waals surface area (Å²) in [6.07, 6.45) is 2.03. The van der Waals surface area contributed by atoms with Crippen LogP contribution in [0.2, 0.25) is 5.02 Å². The second kappa shape index (κ2) is 7.45. The van der Waals surface area contributed by atoms with E-state index in [1.165, 1.54) is 4.90 Å². The van der Waals surface area contributed by atoms with E-state index < -0.39 is 11.7 Å². The summed E-state index contributed by atoms with van der Waals surface area (Å²) >= 11 is 6.00. The number of hydrogen-bond donors (Lipinski definition) is 1. The SMILES string of the molecule is COc1ccc([C@H]2CCC[NH+]2CN2C(=O)C(=O)c3cc(Cl)ccc32)c(OC)c1. The smallest absolute Gasteiger partial charge is 0.303 e. The second-order valence-electron chi connectivity index (χ2n) is 7.09. The standard InChI is InChI=1S/C21H21ClN2O4/c1-27-14-6-7-15(19(11-14)28-2)17-4-3-9-23(17)12-24-18-8-5-13(22)10-16(18)20(25)21(24)26/h5-8,10-11,17H,3-4,9,12H2,1-2H3/p+1/t17-/m1/s1. The Labute approximate surface area is 168 Å². The molecule has 1 amide bonds. The highest BCUT2D eigenvalue weighted by molar-refractivity contribution is 6.52. The van der Waals surface area contributed by atoms with Crippen LogP contribution in [-0.4, -0.2) is 39.1 Å². The average Bonchev–Trinajstić information content (AvgIpc) is 3.26. The first-order valence-electron chi connectivity index (χ1n) is 9.25. The van der Waals surface area contributed by atoms with Gasteiger partial charge in [-0.05, 0) is 30.3 Å². The lowest BCUT2D eigenvalue weighted by Gasteiger charge is -2.27. The highest BCUT2D eigenvalue weighted by Gasteiger charge is 2.41. The topological polar surface area (TPSA) is 60.3 Å². The number of halogens is 1. The van der Waals surface area contributed by atoms with Gasteiger partial charge in [0.25, 0.3) is 5.78 Å². The first-order valence-corrected chi connectivity index (χ1v) is 9.63. The van der Waals surface area contributed by atoms with E-state index in [9.17, 15) is 9.59 Å². The molecular weight excluding hydrogens is 380 g/mol. The number of fused-ring (bicyclic) bond motifs is 1. The molecule has 1 fully saturated rings. The average molecular weight is 402 g/mol. The molecule has 0 spiro atoms. The van der Waals surface area contributed by atoms with Gasteiger partial charge in [0.15, 0.2) is 6.67 Å². The number of hydrogen-bond acceptors (Lipinski definition) is 4. The number of benzene rings is 2. The van der Waals surface area contributed by atoms with Gasteiger partial charge in [0.1, 0.15) is 17.5 Å². The van der Waals surface area contributed by atoms with Crippen LogP contribution in [0.5, 0.6) is 11.5 Å². The summed E-state index contributed by atoms with van der Waals surface area (Å²) in [5, 5.41) is 0.455. The van der Waals surface area contributed by atoms with Crippen molar-refractivity contribution in [3.8, 4) is 11.5 Å². The van der Waals surface area contributed by atoms with Crippen molar-refractivity contribution in [3.63, 3.8) is 0 Å². The lowest BCUT2D eigenvalue weighted by molar-refractivity contribution is -0.917. The van der Waals surface area contributed by atoms with Crippen molar-refractivity contribution in [2.24, 2.45) is 0 Å². The molecule has 0 aromatic heterocycles. The largest absolute Gasteiger partial charge is 0.497 e. The molecule has 0 radical (unpaired) electrons. The van der Waals surface area contributed by atoms with Gasteiger partial charge in [0.2, 0.25) is 0 Å². The number of quaternary nitrogens is 1. The molecule has 1 N–H and O–H groups in total. The van der Waals surface area contributed by atoms with Crippen LogP contribution in [-0.2, 0) is 4.79 Å². The lowest BCUT2D eigenvalue weighted by atomic mass is 10.0. The molecule has 2 heterocycles. The zero-order valence-electron chi connectivity index (χ0n) is 15.8. The normalized spacial score (nSPS) is 21.2. The van der Waals surface area contributed by atoms with Gasteiger partial charge >= 0.3 is 5.91 Å². The number of nitrogens with one attached hydrogen (secondary N) is 1. The van der Waals surface area contributed by atoms with Crippen LogP contribution < -0.4 is 19.3 Å². The maximum absolute atomic E-state index is 12.6. The summed E-state index contributed by atoms with van der Waals surface area (Å²) in [5.74, 6) is 0.540. The third-order valence-corrected chi connectivity index (χ3v) is 5.83. The summed E-state index contributed by atoms with van der Waals surface area (Å²) in [7, 11) is 3.27. The summed E-state index contributed by atoms with van der Waals surface area (Å²) in [5.41, 5.74) is 2.11. The van der Waals surface area contributed by atoms with Crippen LogP contribution >= 0.6 is 11.6 Å². The van der Waals surface area contributed by atoms with E-state index in [0.717, 1.165) is 36.4 Å². The Balaban J connectivity index is 1.62. The fourth-order valence-corrected chi connectivity index (χ4v) is 4.39. The van der Waals surface area contributed by atoms with Crippen LogP contribution in [0.3, 0.4) is 0 Å². The number of ether oxygens (including phenoxy) is 2. The molecule has 28 heavy (non-hydrogen) atoms. The minimum absolute atomic E-state index is 0.181. The number of nitrogens with zero attached hydrogens (tertiary/aromatic N) is 1. The molecule has 2 aromatic rings. The molecule has 0 aliphatic carbocycles. The van der Waals surface area contributed by atoms with Gasteiger partial charge in [-0.1, -0.05) is 11.6 Å². The molecule has 2 aromatic carbocycles. The van der Waals surface area contributed by atoms with E-state index in [1.807, 2.05) is 18.2 Å². The number of rotatable bonds is 5. The van der Waals surface area contributed by atoms with Gasteiger partial charge in [-0.15, -0.1) is 0 Å². The highest BCUT2D eigenvalue weighted by atomic mass is 35.5. The summed E-state index contributed by atoms with van der Waals surface area (Å²) < 4.78 is 10.9. The molecule has 0 bridgehead atoms. The zero-order valence-corrected chi connectivity index (χ0v) is 16.6. The Bertz CT molecular complexity index is 946. The van der Waals surface area contributed by atoms with Gasteiger partial charge < -0.3 is 14.4 Å². The van der Waals surface area contributed by atoms with E-state index in [4.69, 9.17) is 21.1 Å². The number of amides is 1. The molecular formula is C21H22ClN2O4+. The maximum Gasteiger partial charge on any atom is 0.303 e. The van der Waals surface area contributed by atoms with Crippen molar-refractivity contribution in [3.05, 3.63) is 52.5 Å². The maximum atomic E-state index is 12.6. The third-order valence-electron chi connectivity index (χ3n) is 5.59. The fourth-order valence-electron chi connectivity index (χ4n) is 4.22. The van der Waals surface area contributed by atoms with Crippen LogP contribution in [0.4, 0.5) is 5.69 Å². The first kappa shape index (κ1) is 18.8. The number of ketones is 1. The van der Waals surface area contributed by atoms with Gasteiger partial charge in [-0.25, -0.2) is 0 Å². The minimum Gasteiger partial charge on any atom is -0.497 e. The third kappa shape index (κ3) is 3.12. The van der Waals surface area contributed by atoms with Gasteiger partial charge in [0.05, 0.1) is 37.6 Å². The van der Waals surface area contributed by atoms with E-state index in [1.54, 1.807) is 37.3 Å². The highest BCUT2D eigenvalue weighted by Crippen LogP contribution is 2.33. The number of Topliss-reactive ketones (excluding diaryl/α,β-unsaturated/α-hetero) is 1. The lowest BCUT2D eigenvalue weighted by Crippen LogP contribution is -3.12. The van der Waals surface area contributed by atoms with Crippen LogP contribution in [0, 0.1) is 0 Å². The first-order chi connectivity index (χ1) is 13.5. The van der Waals surface area contributed by atoms with Crippen LogP contribution in [0.15, 0.2) is 36.4 Å². The van der Waals surface area contributed by atoms with E-state index in [2.05, 4.69) is 0 Å². The van der Waals surface area contributed by atoms with Crippen molar-refractivity contribution in [1.29, 1.82) is 0 Å². The predicted molar refractivity (Wildman–Crippen MR) is 105 cm³/mol. The zero-order chi connectivity index (χ0) is 19.8. The predicted octanol–water partition coefficient (Wildman–Crippen LogP) is 2.26. The molecule has 2 aliphatic heterocycles. The molecule has 1 unspecified atom stereocenters. The Morgan fingerprint density at radius 1 is 1.14 bits per heavy atom. The van der Waals surface area contributed by atoms with Crippen molar-refractivity contribution in [2.75, 3.05) is 32.3 Å². The molecule has 1 saturated heterocycles. The van der Waals surface area contributed by atoms with E-state index in [0.29, 0.717) is 22.9 Å². The van der Waals surface area contributed by atoms with Gasteiger partial charge in [-0.2, -0.15) is 0 Å². The monoisotopic (exact) mass is 401 g/mol. The van der Waals surface area contributed by atoms with Crippen molar-refractivity contribution in [2.45, 2.75) is 18.9 Å². The van der Waals surface area contributed by atoms with Crippen molar-refractivity contribution in [1.82, 2.24) is 0 Å². The fraction of sp³-hybridized carbons (Fsp3) is 0.333. The molecule has 2 aliphatic rings. The molecule has 7 heteroatoms.